The molecule has 1 aromatic carbocycles. The van der Waals surface area contributed by atoms with Crippen molar-refractivity contribution in [2.75, 3.05) is 10.8 Å². The number of hydrogen-bond acceptors (Lipinski definition) is 5. The highest BCUT2D eigenvalue weighted by Gasteiger charge is 2.22. The predicted octanol–water partition coefficient (Wildman–Crippen LogP) is 3.34. The van der Waals surface area contributed by atoms with Gasteiger partial charge in [-0.25, -0.2) is 9.78 Å². The Morgan fingerprint density at radius 3 is 3.00 bits per heavy atom. The molecule has 3 rings (SSSR count). The predicted molar refractivity (Wildman–Crippen MR) is 72.2 cm³/mol. The van der Waals surface area contributed by atoms with Gasteiger partial charge in [0, 0.05) is 11.1 Å². The van der Waals surface area contributed by atoms with E-state index in [4.69, 9.17) is 5.11 Å². The quantitative estimate of drug-likeness (QED) is 0.669. The van der Waals surface area contributed by atoms with E-state index < -0.39 is 6.16 Å². The van der Waals surface area contributed by atoms with Crippen LogP contribution in [0.5, 0.6) is 5.75 Å². The second-order valence-corrected chi connectivity index (χ2v) is 4.87. The summed E-state index contributed by atoms with van der Waals surface area (Å²) < 4.78 is 4.65. The SMILES string of the molecule is O=C(O)Oc1ccc2c(c1)SCN2c1ccccn1. The minimum atomic E-state index is -1.30. The molecule has 0 saturated heterocycles. The van der Waals surface area contributed by atoms with Gasteiger partial charge < -0.3 is 14.7 Å². The van der Waals surface area contributed by atoms with Gasteiger partial charge in [-0.05, 0) is 30.3 Å². The van der Waals surface area contributed by atoms with Crippen molar-refractivity contribution in [3.63, 3.8) is 0 Å². The van der Waals surface area contributed by atoms with E-state index >= 15 is 0 Å². The number of fused-ring (bicyclic) bond motifs is 1. The third-order valence-corrected chi connectivity index (χ3v) is 3.73. The molecule has 5 nitrogen and oxygen atoms in total. The van der Waals surface area contributed by atoms with Gasteiger partial charge in [-0.3, -0.25) is 0 Å². The van der Waals surface area contributed by atoms with E-state index in [1.807, 2.05) is 24.3 Å². The van der Waals surface area contributed by atoms with Gasteiger partial charge in [-0.15, -0.1) is 11.8 Å². The first-order valence-electron chi connectivity index (χ1n) is 5.60. The van der Waals surface area contributed by atoms with Crippen LogP contribution < -0.4 is 9.64 Å². The van der Waals surface area contributed by atoms with Crippen molar-refractivity contribution in [2.24, 2.45) is 0 Å². The summed E-state index contributed by atoms with van der Waals surface area (Å²) in [5.41, 5.74) is 1.02. The molecule has 2 heterocycles. The molecular formula is C13H10N2O3S. The molecule has 0 aliphatic carbocycles. The molecular weight excluding hydrogens is 264 g/mol. The van der Waals surface area contributed by atoms with Crippen LogP contribution in [0.15, 0.2) is 47.5 Å². The molecule has 0 bridgehead atoms. The normalized spacial score (nSPS) is 13.2. The first kappa shape index (κ1) is 11.9. The first-order chi connectivity index (χ1) is 9.24. The van der Waals surface area contributed by atoms with Crippen LogP contribution in [0.2, 0.25) is 0 Å². The fourth-order valence-electron chi connectivity index (χ4n) is 1.90. The molecule has 1 aromatic heterocycles. The van der Waals surface area contributed by atoms with Gasteiger partial charge in [-0.2, -0.15) is 0 Å². The standard InChI is InChI=1S/C13H10N2O3S/c16-13(17)18-9-4-5-10-11(7-9)19-8-15(10)12-3-1-2-6-14-12/h1-7H,8H2,(H,16,17). The van der Waals surface area contributed by atoms with Gasteiger partial charge >= 0.3 is 6.16 Å². The number of carbonyl (C=O) groups is 1. The Labute approximate surface area is 113 Å². The molecule has 1 aliphatic rings. The summed E-state index contributed by atoms with van der Waals surface area (Å²) in [5.74, 6) is 1.96. The Hall–Kier alpha value is -2.21. The smallest absolute Gasteiger partial charge is 0.449 e. The molecule has 96 valence electrons. The monoisotopic (exact) mass is 274 g/mol. The van der Waals surface area contributed by atoms with E-state index in [0.29, 0.717) is 5.75 Å². The maximum atomic E-state index is 10.5. The second-order valence-electron chi connectivity index (χ2n) is 3.89. The Bertz CT molecular complexity index is 619. The van der Waals surface area contributed by atoms with E-state index in [1.165, 1.54) is 0 Å². The van der Waals surface area contributed by atoms with Crippen molar-refractivity contribution in [3.8, 4) is 5.75 Å². The molecule has 1 N–H and O–H groups in total. The van der Waals surface area contributed by atoms with Crippen LogP contribution in [0.25, 0.3) is 0 Å². The largest absolute Gasteiger partial charge is 0.511 e. The number of pyridine rings is 1. The highest BCUT2D eigenvalue weighted by Crippen LogP contribution is 2.43. The number of aromatic nitrogens is 1. The van der Waals surface area contributed by atoms with Crippen molar-refractivity contribution in [2.45, 2.75) is 4.90 Å². The molecule has 6 heteroatoms. The molecule has 0 spiro atoms. The number of ether oxygens (including phenoxy) is 1. The molecule has 0 atom stereocenters. The number of anilines is 2. The van der Waals surface area contributed by atoms with Gasteiger partial charge in [0.1, 0.15) is 11.6 Å². The van der Waals surface area contributed by atoms with Gasteiger partial charge in [0.2, 0.25) is 0 Å². The van der Waals surface area contributed by atoms with Gasteiger partial charge in [0.25, 0.3) is 0 Å². The highest BCUT2D eigenvalue weighted by atomic mass is 32.2. The van der Waals surface area contributed by atoms with Crippen LogP contribution in [0.4, 0.5) is 16.3 Å². The van der Waals surface area contributed by atoms with E-state index in [1.54, 1.807) is 30.1 Å². The summed E-state index contributed by atoms with van der Waals surface area (Å²) >= 11 is 1.63. The second kappa shape index (κ2) is 4.81. The van der Waals surface area contributed by atoms with Crippen LogP contribution in [0.1, 0.15) is 0 Å². The molecule has 0 amide bonds. The number of thioether (sulfide) groups is 1. The highest BCUT2D eigenvalue weighted by molar-refractivity contribution is 7.99. The Morgan fingerprint density at radius 1 is 1.37 bits per heavy atom. The van der Waals surface area contributed by atoms with Crippen LogP contribution >= 0.6 is 11.8 Å². The average molecular weight is 274 g/mol. The number of rotatable bonds is 2. The first-order valence-corrected chi connectivity index (χ1v) is 6.59. The van der Waals surface area contributed by atoms with Gasteiger partial charge in [0.15, 0.2) is 0 Å². The number of hydrogen-bond donors (Lipinski definition) is 1. The van der Waals surface area contributed by atoms with Crippen LogP contribution in [-0.2, 0) is 0 Å². The topological polar surface area (TPSA) is 62.7 Å². The molecule has 0 unspecified atom stereocenters. The van der Waals surface area contributed by atoms with Crippen molar-refractivity contribution in [1.29, 1.82) is 0 Å². The lowest BCUT2D eigenvalue weighted by Crippen LogP contribution is -2.12. The zero-order valence-corrected chi connectivity index (χ0v) is 10.6. The summed E-state index contributed by atoms with van der Waals surface area (Å²) in [6.07, 6.45) is 0.449. The van der Waals surface area contributed by atoms with E-state index in [-0.39, 0.29) is 0 Å². The summed E-state index contributed by atoms with van der Waals surface area (Å²) in [4.78, 5) is 17.9. The zero-order valence-electron chi connectivity index (χ0n) is 9.81. The molecule has 2 aromatic rings. The summed E-state index contributed by atoms with van der Waals surface area (Å²) in [7, 11) is 0. The van der Waals surface area contributed by atoms with E-state index in [9.17, 15) is 4.79 Å². The Balaban J connectivity index is 1.92. The molecule has 0 saturated carbocycles. The summed E-state index contributed by atoms with van der Waals surface area (Å²) in [6.45, 7) is 0. The van der Waals surface area contributed by atoms with Crippen LogP contribution in [0, 0.1) is 0 Å². The molecule has 0 radical (unpaired) electrons. The van der Waals surface area contributed by atoms with Crippen LogP contribution in [0.3, 0.4) is 0 Å². The summed E-state index contributed by atoms with van der Waals surface area (Å²) in [5, 5.41) is 8.60. The van der Waals surface area contributed by atoms with Crippen molar-refractivity contribution >= 4 is 29.4 Å². The van der Waals surface area contributed by atoms with Crippen molar-refractivity contribution < 1.29 is 14.6 Å². The van der Waals surface area contributed by atoms with Gasteiger partial charge in [0.05, 0.1) is 11.6 Å². The zero-order chi connectivity index (χ0) is 13.2. The molecule has 1 aliphatic heterocycles. The maximum Gasteiger partial charge on any atom is 0.511 e. The lowest BCUT2D eigenvalue weighted by atomic mass is 10.2. The maximum absolute atomic E-state index is 10.5. The average Bonchev–Trinajstić information content (AvgIpc) is 2.82. The van der Waals surface area contributed by atoms with E-state index in [2.05, 4.69) is 14.6 Å². The van der Waals surface area contributed by atoms with Crippen molar-refractivity contribution in [1.82, 2.24) is 4.98 Å². The Morgan fingerprint density at radius 2 is 2.26 bits per heavy atom. The number of benzene rings is 1. The lowest BCUT2D eigenvalue weighted by molar-refractivity contribution is 0.144. The minimum Gasteiger partial charge on any atom is -0.449 e. The lowest BCUT2D eigenvalue weighted by Gasteiger charge is -2.16. The fraction of sp³-hybridized carbons (Fsp3) is 0.0769. The number of carboxylic acid groups (broad SMARTS) is 1. The fourth-order valence-corrected chi connectivity index (χ4v) is 2.97. The number of nitrogens with zero attached hydrogens (tertiary/aromatic N) is 2. The molecule has 0 fully saturated rings. The third kappa shape index (κ3) is 2.34. The van der Waals surface area contributed by atoms with Gasteiger partial charge in [-0.1, -0.05) is 6.07 Å². The Kier molecular flexibility index (Phi) is 3.00. The van der Waals surface area contributed by atoms with Crippen molar-refractivity contribution in [3.05, 3.63) is 42.6 Å². The van der Waals surface area contributed by atoms with Crippen LogP contribution in [-0.4, -0.2) is 22.1 Å². The summed E-state index contributed by atoms with van der Waals surface area (Å²) in [6, 6.07) is 11.0. The van der Waals surface area contributed by atoms with E-state index in [0.717, 1.165) is 22.3 Å². The molecule has 19 heavy (non-hydrogen) atoms. The minimum absolute atomic E-state index is 0.335. The third-order valence-electron chi connectivity index (χ3n) is 2.70.